The van der Waals surface area contributed by atoms with E-state index in [-0.39, 0.29) is 5.91 Å². The number of fused-ring (bicyclic) bond motifs is 1. The molecule has 3 nitrogen and oxygen atoms in total. The van der Waals surface area contributed by atoms with Gasteiger partial charge in [-0.3, -0.25) is 4.79 Å². The Morgan fingerprint density at radius 1 is 1.07 bits per heavy atom. The molecule has 0 saturated carbocycles. The van der Waals surface area contributed by atoms with Crippen LogP contribution in [0.5, 0.6) is 0 Å². The predicted molar refractivity (Wildman–Crippen MR) is 112 cm³/mol. The Morgan fingerprint density at radius 2 is 1.79 bits per heavy atom. The molecule has 4 rings (SSSR count). The molecule has 8 heteroatoms. The van der Waals surface area contributed by atoms with Crippen LogP contribution >= 0.6 is 27.3 Å². The number of rotatable bonds is 4. The maximum absolute atomic E-state index is 12.8. The van der Waals surface area contributed by atoms with Crippen LogP contribution in [0.15, 0.2) is 70.0 Å². The van der Waals surface area contributed by atoms with Crippen LogP contribution < -0.4 is 5.32 Å². The summed E-state index contributed by atoms with van der Waals surface area (Å²) in [5, 5.41) is 7.39. The Kier molecular flexibility index (Phi) is 5.23. The van der Waals surface area contributed by atoms with E-state index in [4.69, 9.17) is 0 Å². The number of para-hydroxylation sites is 1. The lowest BCUT2D eigenvalue weighted by Gasteiger charge is -2.09. The lowest BCUT2D eigenvalue weighted by Crippen LogP contribution is -2.11. The van der Waals surface area contributed by atoms with Gasteiger partial charge in [0.25, 0.3) is 5.91 Å². The molecule has 0 aliphatic heterocycles. The highest BCUT2D eigenvalue weighted by Crippen LogP contribution is 2.31. The Balaban J connectivity index is 1.64. The molecular formula is C21H14BrF3N2OS. The van der Waals surface area contributed by atoms with E-state index in [1.54, 1.807) is 11.6 Å². The number of hydrogen-bond donors (Lipinski definition) is 1. The SMILES string of the molecule is O=C(Nc1cn(Cc2ccc(C(F)(F)F)cc2)c2ccccc12)c1cscc1Br. The van der Waals surface area contributed by atoms with Crippen LogP contribution in [-0.4, -0.2) is 10.5 Å². The normalized spacial score (nSPS) is 11.7. The number of aromatic nitrogens is 1. The number of nitrogens with zero attached hydrogens (tertiary/aromatic N) is 1. The molecule has 0 saturated heterocycles. The van der Waals surface area contributed by atoms with Gasteiger partial charge in [-0.2, -0.15) is 24.5 Å². The molecule has 29 heavy (non-hydrogen) atoms. The molecule has 2 aromatic heterocycles. The van der Waals surface area contributed by atoms with Crippen molar-refractivity contribution >= 4 is 49.8 Å². The molecule has 1 N–H and O–H groups in total. The quantitative estimate of drug-likeness (QED) is 0.344. The smallest absolute Gasteiger partial charge is 0.341 e. The highest BCUT2D eigenvalue weighted by molar-refractivity contribution is 9.10. The van der Waals surface area contributed by atoms with E-state index < -0.39 is 11.7 Å². The first-order chi connectivity index (χ1) is 13.8. The number of carbonyl (C=O) groups excluding carboxylic acids is 1. The van der Waals surface area contributed by atoms with Crippen LogP contribution in [-0.2, 0) is 12.7 Å². The van der Waals surface area contributed by atoms with Crippen LogP contribution in [0.4, 0.5) is 18.9 Å². The van der Waals surface area contributed by atoms with Crippen LogP contribution in [0.25, 0.3) is 10.9 Å². The van der Waals surface area contributed by atoms with Crippen LogP contribution in [0.2, 0.25) is 0 Å². The van der Waals surface area contributed by atoms with Crippen molar-refractivity contribution < 1.29 is 18.0 Å². The predicted octanol–water partition coefficient (Wildman–Crippen LogP) is 6.78. The molecule has 1 amide bonds. The number of halogens is 4. The number of amides is 1. The van der Waals surface area contributed by atoms with Crippen LogP contribution in [0.1, 0.15) is 21.5 Å². The van der Waals surface area contributed by atoms with Crippen molar-refractivity contribution in [2.75, 3.05) is 5.32 Å². The van der Waals surface area contributed by atoms with Gasteiger partial charge in [-0.25, -0.2) is 0 Å². The number of thiophene rings is 1. The van der Waals surface area contributed by atoms with E-state index in [1.165, 1.54) is 23.5 Å². The third-order valence-corrected chi connectivity index (χ3v) is 6.23. The minimum absolute atomic E-state index is 0.226. The lowest BCUT2D eigenvalue weighted by atomic mass is 10.1. The van der Waals surface area contributed by atoms with Gasteiger partial charge in [-0.05, 0) is 39.7 Å². The second kappa shape index (κ2) is 7.68. The van der Waals surface area contributed by atoms with E-state index in [9.17, 15) is 18.0 Å². The highest BCUT2D eigenvalue weighted by atomic mass is 79.9. The average molecular weight is 479 g/mol. The molecule has 2 aromatic carbocycles. The summed E-state index contributed by atoms with van der Waals surface area (Å²) in [7, 11) is 0. The maximum Gasteiger partial charge on any atom is 0.416 e. The number of hydrogen-bond acceptors (Lipinski definition) is 2. The fourth-order valence-electron chi connectivity index (χ4n) is 3.11. The molecule has 0 bridgehead atoms. The van der Waals surface area contributed by atoms with Gasteiger partial charge < -0.3 is 9.88 Å². The van der Waals surface area contributed by atoms with E-state index in [0.29, 0.717) is 17.8 Å². The molecule has 148 valence electrons. The molecule has 0 radical (unpaired) electrons. The van der Waals surface area contributed by atoms with Crippen molar-refractivity contribution in [3.8, 4) is 0 Å². The molecule has 0 aliphatic rings. The number of alkyl halides is 3. The van der Waals surface area contributed by atoms with E-state index >= 15 is 0 Å². The van der Waals surface area contributed by atoms with Gasteiger partial charge >= 0.3 is 6.18 Å². The first-order valence-electron chi connectivity index (χ1n) is 8.60. The van der Waals surface area contributed by atoms with Gasteiger partial charge in [0, 0.05) is 33.4 Å². The fourth-order valence-corrected chi connectivity index (χ4v) is 4.56. The number of nitrogens with one attached hydrogen (secondary N) is 1. The number of carbonyl (C=O) groups is 1. The van der Waals surface area contributed by atoms with Gasteiger partial charge in [0.2, 0.25) is 0 Å². The van der Waals surface area contributed by atoms with Crippen molar-refractivity contribution in [2.24, 2.45) is 0 Å². The molecule has 0 spiro atoms. The molecule has 0 unspecified atom stereocenters. The van der Waals surface area contributed by atoms with Crippen molar-refractivity contribution in [1.82, 2.24) is 4.57 Å². The summed E-state index contributed by atoms with van der Waals surface area (Å²) in [5.41, 5.74) is 2.14. The summed E-state index contributed by atoms with van der Waals surface area (Å²) in [6.45, 7) is 0.386. The third kappa shape index (κ3) is 4.09. The van der Waals surface area contributed by atoms with E-state index in [0.717, 1.165) is 33.1 Å². The monoisotopic (exact) mass is 478 g/mol. The Morgan fingerprint density at radius 3 is 2.45 bits per heavy atom. The minimum Gasteiger partial charge on any atom is -0.341 e. The van der Waals surface area contributed by atoms with Gasteiger partial charge in [0.05, 0.1) is 22.3 Å². The zero-order valence-corrected chi connectivity index (χ0v) is 17.2. The first-order valence-corrected chi connectivity index (χ1v) is 10.3. The molecule has 0 aliphatic carbocycles. The molecule has 4 aromatic rings. The molecule has 0 atom stereocenters. The van der Waals surface area contributed by atoms with Crippen molar-refractivity contribution in [1.29, 1.82) is 0 Å². The summed E-state index contributed by atoms with van der Waals surface area (Å²) in [4.78, 5) is 12.6. The Hall–Kier alpha value is -2.58. The zero-order valence-electron chi connectivity index (χ0n) is 14.8. The number of anilines is 1. The van der Waals surface area contributed by atoms with E-state index in [2.05, 4.69) is 21.2 Å². The fraction of sp³-hybridized carbons (Fsp3) is 0.0952. The van der Waals surface area contributed by atoms with Crippen molar-refractivity contribution in [3.05, 3.63) is 86.7 Å². The standard InChI is InChI=1S/C21H14BrF3N2OS/c22-17-12-29-11-16(17)20(28)26-18-10-27(19-4-2-1-3-15(18)19)9-13-5-7-14(8-6-13)21(23,24)25/h1-8,10-12H,9H2,(H,26,28). The summed E-state index contributed by atoms with van der Waals surface area (Å²) < 4.78 is 41.0. The highest BCUT2D eigenvalue weighted by Gasteiger charge is 2.29. The number of benzene rings is 2. The summed E-state index contributed by atoms with van der Waals surface area (Å²) in [6.07, 6.45) is -2.55. The Bertz CT molecular complexity index is 1180. The molecule has 0 fully saturated rings. The van der Waals surface area contributed by atoms with Crippen LogP contribution in [0.3, 0.4) is 0 Å². The van der Waals surface area contributed by atoms with Gasteiger partial charge in [-0.1, -0.05) is 30.3 Å². The van der Waals surface area contributed by atoms with Gasteiger partial charge in [0.1, 0.15) is 0 Å². The van der Waals surface area contributed by atoms with Crippen LogP contribution in [0, 0.1) is 0 Å². The van der Waals surface area contributed by atoms with Crippen molar-refractivity contribution in [3.63, 3.8) is 0 Å². The average Bonchev–Trinajstić information content (AvgIpc) is 3.26. The first kappa shape index (κ1) is 19.7. The van der Waals surface area contributed by atoms with E-state index in [1.807, 2.05) is 34.2 Å². The second-order valence-corrected chi connectivity index (χ2v) is 8.07. The maximum atomic E-state index is 12.8. The van der Waals surface area contributed by atoms with Gasteiger partial charge in [-0.15, -0.1) is 0 Å². The summed E-state index contributed by atoms with van der Waals surface area (Å²) in [5.74, 6) is -0.226. The largest absolute Gasteiger partial charge is 0.416 e. The minimum atomic E-state index is -4.36. The van der Waals surface area contributed by atoms with Crippen molar-refractivity contribution in [2.45, 2.75) is 12.7 Å². The molecule has 2 heterocycles. The zero-order chi connectivity index (χ0) is 20.6. The second-order valence-electron chi connectivity index (χ2n) is 6.47. The Labute approximate surface area is 176 Å². The third-order valence-electron chi connectivity index (χ3n) is 4.53. The molecular weight excluding hydrogens is 465 g/mol. The summed E-state index contributed by atoms with van der Waals surface area (Å²) in [6, 6.07) is 12.7. The van der Waals surface area contributed by atoms with Gasteiger partial charge in [0.15, 0.2) is 0 Å². The summed E-state index contributed by atoms with van der Waals surface area (Å²) >= 11 is 4.79. The lowest BCUT2D eigenvalue weighted by molar-refractivity contribution is -0.137. The topological polar surface area (TPSA) is 34.0 Å².